The topological polar surface area (TPSA) is 144 Å². The van der Waals surface area contributed by atoms with Gasteiger partial charge in [-0.15, -0.1) is 0 Å². The number of fused-ring (bicyclic) bond motifs is 2. The number of hydrogen-bond donors (Lipinski definition) is 2. The number of nitrogens with zero attached hydrogens (tertiary/aromatic N) is 5. The van der Waals surface area contributed by atoms with Crippen LogP contribution >= 0.6 is 6.72 Å². The number of nitrogens with two attached hydrogens (primary N) is 1. The van der Waals surface area contributed by atoms with Crippen LogP contribution in [0.15, 0.2) is 6.33 Å². The van der Waals surface area contributed by atoms with Gasteiger partial charge in [0.15, 0.2) is 23.2 Å². The van der Waals surface area contributed by atoms with E-state index in [0.717, 1.165) is 32.4 Å². The van der Waals surface area contributed by atoms with Crippen molar-refractivity contribution in [2.24, 2.45) is 0 Å². The second-order valence-corrected chi connectivity index (χ2v) is 9.83. The molecular formula is C15H20N6NaO5PS. The molecule has 0 radical (unpaired) electrons. The van der Waals surface area contributed by atoms with Gasteiger partial charge in [-0.25, -0.2) is 15.0 Å². The van der Waals surface area contributed by atoms with E-state index in [-0.39, 0.29) is 42.0 Å². The number of anilines is 2. The number of aromatic nitrogens is 4. The fourth-order valence-corrected chi connectivity index (χ4v) is 5.44. The number of aliphatic hydroxyl groups excluding tert-OH is 1. The Labute approximate surface area is 194 Å². The Hall–Kier alpha value is -0.400. The summed E-state index contributed by atoms with van der Waals surface area (Å²) in [5.74, 6) is 0.855. The standard InChI is InChI=1S/C15H21N6O5PS.Na/c16-12-9-13(18-7-17-12)21(15(19-9)20-4-2-1-3-5-20)14-10(22)11-8(25-14)6-24-27(23,28)26-11;/h7-8,10-11,14,22H,1-6H2,(H,23,28)(H2,16,17,18);/q;+1/p-1/t8-,10-,11-,14-,27?;/m1./s1. The first-order chi connectivity index (χ1) is 13.4. The van der Waals surface area contributed by atoms with E-state index in [1.54, 1.807) is 4.57 Å². The summed E-state index contributed by atoms with van der Waals surface area (Å²) >= 11 is 4.81. The minimum atomic E-state index is -3.63. The molecule has 0 bridgehead atoms. The summed E-state index contributed by atoms with van der Waals surface area (Å²) in [4.78, 5) is 27.2. The molecule has 0 spiro atoms. The molecule has 3 aliphatic heterocycles. The Kier molecular flexibility index (Phi) is 6.22. The van der Waals surface area contributed by atoms with Gasteiger partial charge in [-0.05, 0) is 19.3 Å². The van der Waals surface area contributed by atoms with E-state index in [2.05, 4.69) is 19.9 Å². The van der Waals surface area contributed by atoms with Crippen LogP contribution in [0.25, 0.3) is 11.2 Å². The number of nitrogen functional groups attached to an aromatic ring is 1. The van der Waals surface area contributed by atoms with Crippen LogP contribution in [0.3, 0.4) is 0 Å². The zero-order chi connectivity index (χ0) is 19.5. The normalized spacial score (nSPS) is 34.8. The summed E-state index contributed by atoms with van der Waals surface area (Å²) in [6, 6.07) is 0. The third kappa shape index (κ3) is 3.84. The molecule has 5 heterocycles. The zero-order valence-corrected chi connectivity index (χ0v) is 19.6. The number of hydrogen-bond acceptors (Lipinski definition) is 11. The maximum absolute atomic E-state index is 12.0. The average Bonchev–Trinajstić information content (AvgIpc) is 3.21. The van der Waals surface area contributed by atoms with Gasteiger partial charge in [-0.1, -0.05) is 11.8 Å². The van der Waals surface area contributed by atoms with E-state index >= 15 is 0 Å². The molecule has 0 aliphatic carbocycles. The molecule has 3 saturated heterocycles. The number of rotatable bonds is 2. The van der Waals surface area contributed by atoms with Crippen LogP contribution in [-0.4, -0.2) is 62.6 Å². The summed E-state index contributed by atoms with van der Waals surface area (Å²) in [7, 11) is 0. The molecule has 0 aromatic carbocycles. The minimum absolute atomic E-state index is 0. The largest absolute Gasteiger partial charge is 1.00 e. The fourth-order valence-electron chi connectivity index (χ4n) is 4.01. The second-order valence-electron chi connectivity index (χ2n) is 7.13. The van der Waals surface area contributed by atoms with E-state index in [0.29, 0.717) is 17.1 Å². The van der Waals surface area contributed by atoms with Crippen molar-refractivity contribution in [2.75, 3.05) is 30.3 Å². The monoisotopic (exact) mass is 450 g/mol. The van der Waals surface area contributed by atoms with E-state index in [9.17, 15) is 10.00 Å². The van der Waals surface area contributed by atoms with E-state index < -0.39 is 31.3 Å². The summed E-state index contributed by atoms with van der Waals surface area (Å²) in [6.45, 7) is -1.99. The van der Waals surface area contributed by atoms with Crippen LogP contribution in [0.1, 0.15) is 25.5 Å². The van der Waals surface area contributed by atoms with Crippen LogP contribution in [0.5, 0.6) is 0 Å². The van der Waals surface area contributed by atoms with Gasteiger partial charge in [-0.3, -0.25) is 4.57 Å². The number of imidazole rings is 1. The van der Waals surface area contributed by atoms with Crippen LogP contribution in [-0.2, 0) is 25.6 Å². The van der Waals surface area contributed by atoms with Gasteiger partial charge < -0.3 is 34.4 Å². The van der Waals surface area contributed by atoms with E-state index in [4.69, 9.17) is 31.3 Å². The minimum Gasteiger partial charge on any atom is -0.780 e. The van der Waals surface area contributed by atoms with Gasteiger partial charge in [0, 0.05) is 13.1 Å². The fraction of sp³-hybridized carbons (Fsp3) is 0.667. The maximum Gasteiger partial charge on any atom is 1.00 e. The molecule has 1 unspecified atom stereocenters. The predicted octanol–water partition coefficient (Wildman–Crippen LogP) is -3.34. The van der Waals surface area contributed by atoms with Crippen molar-refractivity contribution in [2.45, 2.75) is 43.8 Å². The Balaban J connectivity index is 0.00000205. The van der Waals surface area contributed by atoms with Crippen LogP contribution in [0.2, 0.25) is 0 Å². The first-order valence-corrected chi connectivity index (χ1v) is 11.7. The van der Waals surface area contributed by atoms with Gasteiger partial charge in [0.2, 0.25) is 5.95 Å². The maximum atomic E-state index is 12.0. The molecule has 29 heavy (non-hydrogen) atoms. The first-order valence-electron chi connectivity index (χ1n) is 9.15. The Morgan fingerprint density at radius 2 is 2.03 bits per heavy atom. The van der Waals surface area contributed by atoms with Crippen molar-refractivity contribution in [1.29, 1.82) is 0 Å². The SMILES string of the molecule is Nc1ncnc2c1nc(N1CCCCC1)n2[C@@H]1O[C@@H]2COP([O-])(=S)O[C@H]2[C@H]1O.[Na+]. The quantitative estimate of drug-likeness (QED) is 0.350. The molecule has 152 valence electrons. The Morgan fingerprint density at radius 1 is 1.28 bits per heavy atom. The predicted molar refractivity (Wildman–Crippen MR) is 101 cm³/mol. The molecular weight excluding hydrogens is 430 g/mol. The third-order valence-electron chi connectivity index (χ3n) is 5.34. The molecule has 3 aliphatic rings. The van der Waals surface area contributed by atoms with Crippen molar-refractivity contribution in [1.82, 2.24) is 19.5 Å². The van der Waals surface area contributed by atoms with Crippen LogP contribution < -0.4 is 45.1 Å². The van der Waals surface area contributed by atoms with Crippen molar-refractivity contribution in [3.63, 3.8) is 0 Å². The van der Waals surface area contributed by atoms with E-state index in [1.165, 1.54) is 6.33 Å². The summed E-state index contributed by atoms with van der Waals surface area (Å²) in [5, 5.41) is 10.9. The van der Waals surface area contributed by atoms with Crippen molar-refractivity contribution < 1.29 is 53.3 Å². The molecule has 3 N–H and O–H groups in total. The van der Waals surface area contributed by atoms with Gasteiger partial charge in [0.1, 0.15) is 31.4 Å². The first kappa shape index (κ1) is 21.8. The molecule has 0 amide bonds. The Morgan fingerprint density at radius 3 is 2.79 bits per heavy atom. The van der Waals surface area contributed by atoms with Gasteiger partial charge in [0.05, 0.1) is 6.61 Å². The third-order valence-corrected chi connectivity index (χ3v) is 6.88. The smallest absolute Gasteiger partial charge is 0.780 e. The van der Waals surface area contributed by atoms with Gasteiger partial charge in [-0.2, -0.15) is 0 Å². The van der Waals surface area contributed by atoms with Crippen LogP contribution in [0.4, 0.5) is 11.8 Å². The molecule has 3 fully saturated rings. The number of ether oxygens (including phenoxy) is 1. The number of aliphatic hydroxyl groups is 1. The van der Waals surface area contributed by atoms with Crippen LogP contribution in [0, 0.1) is 0 Å². The molecule has 11 nitrogen and oxygen atoms in total. The summed E-state index contributed by atoms with van der Waals surface area (Å²) in [5.41, 5.74) is 6.91. The molecule has 5 atom stereocenters. The van der Waals surface area contributed by atoms with Crippen molar-refractivity contribution in [3.8, 4) is 0 Å². The van der Waals surface area contributed by atoms with Crippen molar-refractivity contribution in [3.05, 3.63) is 6.33 Å². The second kappa shape index (κ2) is 8.27. The zero-order valence-electron chi connectivity index (χ0n) is 15.9. The molecule has 14 heteroatoms. The Bertz CT molecular complexity index is 959. The van der Waals surface area contributed by atoms with Crippen molar-refractivity contribution >= 4 is 41.5 Å². The summed E-state index contributed by atoms with van der Waals surface area (Å²) in [6.07, 6.45) is 1.15. The van der Waals surface area contributed by atoms with Gasteiger partial charge in [0.25, 0.3) is 0 Å². The molecule has 0 saturated carbocycles. The van der Waals surface area contributed by atoms with Gasteiger partial charge >= 0.3 is 29.6 Å². The average molecular weight is 450 g/mol. The molecule has 5 rings (SSSR count). The summed E-state index contributed by atoms with van der Waals surface area (Å²) < 4.78 is 18.1. The molecule has 2 aromatic rings. The number of piperidine rings is 1. The van der Waals surface area contributed by atoms with E-state index in [1.807, 2.05) is 0 Å². The molecule has 2 aromatic heterocycles.